The summed E-state index contributed by atoms with van der Waals surface area (Å²) in [6.45, 7) is 10.8. The number of aliphatic carboxylic acids is 1. The van der Waals surface area contributed by atoms with Gasteiger partial charge in [0, 0.05) is 5.57 Å². The van der Waals surface area contributed by atoms with E-state index in [2.05, 4.69) is 18.5 Å². The first-order valence-corrected chi connectivity index (χ1v) is 6.70. The fraction of sp³-hybridized carbons (Fsp3) is 0.455. The molecular formula is C11H22N2O6S. The number of carboxylic acid groups (broad SMARTS) is 1. The van der Waals surface area contributed by atoms with Crippen LogP contribution in [0.3, 0.4) is 0 Å². The lowest BCUT2D eigenvalue weighted by Crippen LogP contribution is -2.47. The standard InChI is InChI=1S/C7H13NO4S.C4H6O2.H3N/c1-4-6(9)8-7(2,3)5-13(10,11)12;1-3(2)4(5)6;/h4H,1,5H2,2-3H3,(H,8,9)(H,10,11,12);1H2,2H3,(H,5,6);1H3. The summed E-state index contributed by atoms with van der Waals surface area (Å²) in [5.41, 5.74) is -0.825. The van der Waals surface area contributed by atoms with E-state index < -0.39 is 33.3 Å². The van der Waals surface area contributed by atoms with Gasteiger partial charge in [0.1, 0.15) is 0 Å². The Hall–Kier alpha value is -1.71. The fourth-order valence-corrected chi connectivity index (χ4v) is 1.86. The molecule has 0 heterocycles. The largest absolute Gasteiger partial charge is 0.478 e. The van der Waals surface area contributed by atoms with Gasteiger partial charge < -0.3 is 16.6 Å². The second kappa shape index (κ2) is 9.23. The minimum Gasteiger partial charge on any atom is -0.478 e. The number of amides is 1. The van der Waals surface area contributed by atoms with Crippen LogP contribution in [0.2, 0.25) is 0 Å². The van der Waals surface area contributed by atoms with Crippen LogP contribution in [0.4, 0.5) is 0 Å². The van der Waals surface area contributed by atoms with E-state index in [9.17, 15) is 18.0 Å². The summed E-state index contributed by atoms with van der Waals surface area (Å²) in [6, 6.07) is 0. The smallest absolute Gasteiger partial charge is 0.330 e. The Kier molecular flexibility index (Phi) is 10.8. The Bertz CT molecular complexity index is 455. The topological polar surface area (TPSA) is 156 Å². The molecule has 9 heteroatoms. The van der Waals surface area contributed by atoms with E-state index in [0.29, 0.717) is 0 Å². The molecule has 0 spiro atoms. The third-order valence-corrected chi connectivity index (χ3v) is 2.64. The van der Waals surface area contributed by atoms with Gasteiger partial charge in [-0.05, 0) is 26.8 Å². The lowest BCUT2D eigenvalue weighted by Gasteiger charge is -2.23. The maximum absolute atomic E-state index is 10.8. The molecule has 0 rings (SSSR count). The molecule has 0 aromatic heterocycles. The number of rotatable bonds is 5. The highest BCUT2D eigenvalue weighted by Crippen LogP contribution is 2.05. The molecule has 0 aliphatic carbocycles. The quantitative estimate of drug-likeness (QED) is 0.431. The Morgan fingerprint density at radius 3 is 1.90 bits per heavy atom. The third-order valence-electron chi connectivity index (χ3n) is 1.56. The van der Waals surface area contributed by atoms with Gasteiger partial charge in [0.15, 0.2) is 0 Å². The van der Waals surface area contributed by atoms with Crippen molar-refractivity contribution in [2.45, 2.75) is 26.3 Å². The Morgan fingerprint density at radius 2 is 1.70 bits per heavy atom. The van der Waals surface area contributed by atoms with E-state index in [1.54, 1.807) is 0 Å². The van der Waals surface area contributed by atoms with Crippen molar-refractivity contribution in [2.24, 2.45) is 0 Å². The average Bonchev–Trinajstić information content (AvgIpc) is 2.13. The molecule has 20 heavy (non-hydrogen) atoms. The number of nitrogens with one attached hydrogen (secondary N) is 1. The van der Waals surface area contributed by atoms with Crippen molar-refractivity contribution in [1.29, 1.82) is 0 Å². The lowest BCUT2D eigenvalue weighted by atomic mass is 10.1. The summed E-state index contributed by atoms with van der Waals surface area (Å²) in [6.07, 6.45) is 1.03. The van der Waals surface area contributed by atoms with Crippen molar-refractivity contribution < 1.29 is 27.7 Å². The van der Waals surface area contributed by atoms with Gasteiger partial charge in [0.25, 0.3) is 10.1 Å². The number of hydrogen-bond donors (Lipinski definition) is 4. The van der Waals surface area contributed by atoms with Crippen LogP contribution in [0, 0.1) is 0 Å². The van der Waals surface area contributed by atoms with E-state index in [1.165, 1.54) is 20.8 Å². The van der Waals surface area contributed by atoms with Crippen LogP contribution in [-0.2, 0) is 19.7 Å². The monoisotopic (exact) mass is 310 g/mol. The molecule has 0 fully saturated rings. The average molecular weight is 310 g/mol. The van der Waals surface area contributed by atoms with Crippen molar-refractivity contribution in [3.05, 3.63) is 24.8 Å². The second-order valence-corrected chi connectivity index (χ2v) is 5.84. The van der Waals surface area contributed by atoms with Crippen LogP contribution in [0.1, 0.15) is 20.8 Å². The molecule has 0 saturated carbocycles. The zero-order valence-corrected chi connectivity index (χ0v) is 12.7. The molecule has 0 radical (unpaired) electrons. The van der Waals surface area contributed by atoms with Gasteiger partial charge in [0.05, 0.1) is 11.3 Å². The van der Waals surface area contributed by atoms with Gasteiger partial charge in [-0.1, -0.05) is 13.2 Å². The molecule has 0 atom stereocenters. The molecule has 0 saturated heterocycles. The Morgan fingerprint density at radius 1 is 1.35 bits per heavy atom. The fourth-order valence-electron chi connectivity index (χ4n) is 0.877. The van der Waals surface area contributed by atoms with Crippen LogP contribution >= 0.6 is 0 Å². The van der Waals surface area contributed by atoms with Crippen molar-refractivity contribution in [3.8, 4) is 0 Å². The number of carboxylic acids is 1. The van der Waals surface area contributed by atoms with E-state index in [0.717, 1.165) is 6.08 Å². The second-order valence-electron chi connectivity index (χ2n) is 4.39. The predicted molar refractivity (Wildman–Crippen MR) is 76.3 cm³/mol. The molecule has 0 bridgehead atoms. The Labute approximate surface area is 118 Å². The van der Waals surface area contributed by atoms with E-state index in [4.69, 9.17) is 9.66 Å². The predicted octanol–water partition coefficient (Wildman–Crippen LogP) is 0.764. The molecule has 0 aliphatic rings. The molecule has 8 nitrogen and oxygen atoms in total. The zero-order chi connectivity index (χ0) is 15.9. The molecule has 1 amide bonds. The first-order valence-electron chi connectivity index (χ1n) is 5.09. The highest BCUT2D eigenvalue weighted by molar-refractivity contribution is 7.85. The van der Waals surface area contributed by atoms with Gasteiger partial charge in [0.2, 0.25) is 5.91 Å². The van der Waals surface area contributed by atoms with Gasteiger partial charge in [-0.15, -0.1) is 0 Å². The van der Waals surface area contributed by atoms with Gasteiger partial charge in [-0.2, -0.15) is 8.42 Å². The zero-order valence-electron chi connectivity index (χ0n) is 11.8. The minimum atomic E-state index is -4.08. The summed E-state index contributed by atoms with van der Waals surface area (Å²) >= 11 is 0. The van der Waals surface area contributed by atoms with Crippen LogP contribution < -0.4 is 11.5 Å². The molecule has 118 valence electrons. The first-order chi connectivity index (χ1) is 8.30. The summed E-state index contributed by atoms with van der Waals surface area (Å²) in [7, 11) is -4.08. The van der Waals surface area contributed by atoms with Crippen molar-refractivity contribution in [1.82, 2.24) is 11.5 Å². The molecule has 0 aromatic rings. The molecular weight excluding hydrogens is 288 g/mol. The van der Waals surface area contributed by atoms with E-state index in [-0.39, 0.29) is 11.7 Å². The maximum Gasteiger partial charge on any atom is 0.330 e. The lowest BCUT2D eigenvalue weighted by molar-refractivity contribution is -0.132. The highest BCUT2D eigenvalue weighted by atomic mass is 32.2. The number of carbonyl (C=O) groups excluding carboxylic acids is 1. The van der Waals surface area contributed by atoms with Gasteiger partial charge in [-0.25, -0.2) is 4.79 Å². The summed E-state index contributed by atoms with van der Waals surface area (Å²) in [4.78, 5) is 20.4. The Balaban J connectivity index is -0.000000352. The summed E-state index contributed by atoms with van der Waals surface area (Å²) in [5, 5.41) is 10.3. The minimum absolute atomic E-state index is 0. The van der Waals surface area contributed by atoms with Crippen molar-refractivity contribution in [2.75, 3.05) is 5.75 Å². The molecule has 0 aliphatic heterocycles. The normalized spacial score (nSPS) is 10.2. The summed E-state index contributed by atoms with van der Waals surface area (Å²) in [5.74, 6) is -1.94. The van der Waals surface area contributed by atoms with Crippen molar-refractivity contribution >= 4 is 22.0 Å². The maximum atomic E-state index is 10.8. The SMILES string of the molecule is C=C(C)C(=O)O.C=CC(=O)NC(C)(C)CS(=O)(=O)O.N. The van der Waals surface area contributed by atoms with Gasteiger partial charge in [-0.3, -0.25) is 9.35 Å². The number of hydrogen-bond acceptors (Lipinski definition) is 5. The number of carbonyl (C=O) groups is 2. The molecule has 6 N–H and O–H groups in total. The molecule has 0 aromatic carbocycles. The van der Waals surface area contributed by atoms with Gasteiger partial charge >= 0.3 is 5.97 Å². The van der Waals surface area contributed by atoms with Crippen LogP contribution in [-0.4, -0.2) is 41.2 Å². The van der Waals surface area contributed by atoms with E-state index in [1.807, 2.05) is 0 Å². The third kappa shape index (κ3) is 16.3. The van der Waals surface area contributed by atoms with E-state index >= 15 is 0 Å². The summed E-state index contributed by atoms with van der Waals surface area (Å²) < 4.78 is 29.5. The first kappa shape index (κ1) is 23.4. The van der Waals surface area contributed by atoms with Crippen LogP contribution in [0.25, 0.3) is 0 Å². The molecule has 0 unspecified atom stereocenters. The van der Waals surface area contributed by atoms with Crippen LogP contribution in [0.15, 0.2) is 24.8 Å². The van der Waals surface area contributed by atoms with Crippen molar-refractivity contribution in [3.63, 3.8) is 0 Å². The van der Waals surface area contributed by atoms with Crippen LogP contribution in [0.5, 0.6) is 0 Å². The highest BCUT2D eigenvalue weighted by Gasteiger charge is 2.25.